The quantitative estimate of drug-likeness (QED) is 0.151. The first-order valence-electron chi connectivity index (χ1n) is 18.8. The molecule has 1 spiro atoms. The van der Waals surface area contributed by atoms with E-state index in [0.717, 1.165) is 73.3 Å². The summed E-state index contributed by atoms with van der Waals surface area (Å²) in [6.07, 6.45) is 3.46. The molecule has 5 heterocycles. The molecule has 284 valence electrons. The fourth-order valence-corrected chi connectivity index (χ4v) is 11.4. The van der Waals surface area contributed by atoms with Crippen molar-refractivity contribution in [3.63, 3.8) is 0 Å². The number of H-pyrrole nitrogens is 1. The second-order valence-electron chi connectivity index (χ2n) is 16.2. The predicted octanol–water partition coefficient (Wildman–Crippen LogP) is 6.26. The number of fused-ring (bicyclic) bond motifs is 1. The molecule has 0 saturated carbocycles. The lowest BCUT2D eigenvalue weighted by molar-refractivity contribution is -0.127. The third-order valence-electron chi connectivity index (χ3n) is 11.5. The molecule has 7 rings (SSSR count). The number of piperidine rings is 1. The first-order chi connectivity index (χ1) is 25.3. The van der Waals surface area contributed by atoms with Crippen LogP contribution in [-0.4, -0.2) is 108 Å². The minimum atomic E-state index is -2.28. The molecule has 53 heavy (non-hydrogen) atoms. The van der Waals surface area contributed by atoms with Crippen molar-refractivity contribution in [2.75, 3.05) is 58.7 Å². The van der Waals surface area contributed by atoms with Gasteiger partial charge in [0.05, 0.1) is 42.0 Å². The molecule has 0 aliphatic carbocycles. The van der Waals surface area contributed by atoms with Gasteiger partial charge in [-0.3, -0.25) is 14.5 Å². The Morgan fingerprint density at radius 1 is 1.13 bits per heavy atom. The topological polar surface area (TPSA) is 120 Å². The largest absolute Gasteiger partial charge is 0.506 e. The van der Waals surface area contributed by atoms with E-state index in [1.165, 1.54) is 23.0 Å². The van der Waals surface area contributed by atoms with Crippen LogP contribution < -0.4 is 10.3 Å². The van der Waals surface area contributed by atoms with E-state index >= 15 is 0 Å². The van der Waals surface area contributed by atoms with Gasteiger partial charge in [-0.15, -0.1) is 11.3 Å². The summed E-state index contributed by atoms with van der Waals surface area (Å²) in [4.78, 5) is 39.3. The molecular formula is C40H53N5O6SSi. The van der Waals surface area contributed by atoms with Gasteiger partial charge in [0.1, 0.15) is 17.2 Å². The van der Waals surface area contributed by atoms with Gasteiger partial charge < -0.3 is 33.8 Å². The third-order valence-corrected chi connectivity index (χ3v) is 17.3. The molecule has 0 radical (unpaired) electrons. The molecule has 3 saturated heterocycles. The van der Waals surface area contributed by atoms with E-state index in [4.69, 9.17) is 13.9 Å². The Balaban J connectivity index is 0.926. The van der Waals surface area contributed by atoms with Crippen LogP contribution in [0.5, 0.6) is 11.5 Å². The van der Waals surface area contributed by atoms with Gasteiger partial charge in [-0.25, -0.2) is 4.98 Å². The second-order valence-corrected chi connectivity index (χ2v) is 21.8. The van der Waals surface area contributed by atoms with Crippen LogP contribution in [0.2, 0.25) is 11.6 Å². The number of aryl methyl sites for hydroxylation is 1. The van der Waals surface area contributed by atoms with Crippen LogP contribution in [0.3, 0.4) is 0 Å². The lowest BCUT2D eigenvalue weighted by Crippen LogP contribution is -2.59. The summed E-state index contributed by atoms with van der Waals surface area (Å²) in [6.45, 7) is 17.9. The lowest BCUT2D eigenvalue weighted by Gasteiger charge is -2.49. The van der Waals surface area contributed by atoms with E-state index < -0.39 is 8.32 Å². The van der Waals surface area contributed by atoms with Crippen molar-refractivity contribution in [1.29, 1.82) is 0 Å². The number of hydrogen-bond donors (Lipinski definition) is 2. The van der Waals surface area contributed by atoms with Crippen LogP contribution in [0.15, 0.2) is 58.7 Å². The zero-order valence-corrected chi connectivity index (χ0v) is 33.5. The number of pyridine rings is 1. The van der Waals surface area contributed by atoms with E-state index in [1.807, 2.05) is 29.3 Å². The van der Waals surface area contributed by atoms with Gasteiger partial charge in [0, 0.05) is 62.3 Å². The zero-order chi connectivity index (χ0) is 37.4. The number of thiazole rings is 1. The molecule has 13 heteroatoms. The van der Waals surface area contributed by atoms with Crippen LogP contribution in [0, 0.1) is 6.92 Å². The van der Waals surface area contributed by atoms with Gasteiger partial charge in [0.15, 0.2) is 0 Å². The first kappa shape index (κ1) is 37.7. The van der Waals surface area contributed by atoms with Gasteiger partial charge >= 0.3 is 0 Å². The molecule has 3 fully saturated rings. The molecule has 11 nitrogen and oxygen atoms in total. The van der Waals surface area contributed by atoms with Crippen molar-refractivity contribution in [3.05, 3.63) is 86.1 Å². The number of nitrogens with zero attached hydrogens (tertiary/aromatic N) is 4. The molecule has 1 amide bonds. The number of aromatic nitrogens is 2. The highest BCUT2D eigenvalue weighted by Crippen LogP contribution is 2.45. The van der Waals surface area contributed by atoms with Gasteiger partial charge in [0.2, 0.25) is 13.9 Å². The number of aromatic hydroxyl groups is 1. The SMILES string of the molecule is Cc1nc(C(=O)N2CCOC3(CCN(CCCOc4cccc(CN5C[C@@H](c6ccc(O)c7[nH]c(=O)ccc67)O[Si](C)(C(C)(C)C)C5)c4)CC3)C2)cs1. The number of hydrogen-bond acceptors (Lipinski definition) is 10. The smallest absolute Gasteiger partial charge is 0.273 e. The fourth-order valence-electron chi connectivity index (χ4n) is 7.95. The second kappa shape index (κ2) is 15.3. The monoisotopic (exact) mass is 759 g/mol. The lowest BCUT2D eigenvalue weighted by atomic mass is 9.89. The number of morpholine rings is 1. The minimum Gasteiger partial charge on any atom is -0.506 e. The highest BCUT2D eigenvalue weighted by atomic mass is 32.1. The van der Waals surface area contributed by atoms with Crippen molar-refractivity contribution in [3.8, 4) is 11.5 Å². The third kappa shape index (κ3) is 8.40. The normalized spacial score (nSPS) is 22.7. The Morgan fingerprint density at radius 2 is 1.94 bits per heavy atom. The minimum absolute atomic E-state index is 0.00516. The average Bonchev–Trinajstić information content (AvgIpc) is 3.56. The number of phenols is 1. The molecule has 0 bridgehead atoms. The molecule has 2 aromatic heterocycles. The van der Waals surface area contributed by atoms with Gasteiger partial charge in [-0.05, 0) is 73.2 Å². The highest BCUT2D eigenvalue weighted by molar-refractivity contribution is 7.09. The average molecular weight is 760 g/mol. The van der Waals surface area contributed by atoms with E-state index in [2.05, 4.69) is 65.3 Å². The Hall–Kier alpha value is -3.59. The molecule has 2 atom stereocenters. The summed E-state index contributed by atoms with van der Waals surface area (Å²) in [6, 6.07) is 15.3. The van der Waals surface area contributed by atoms with Crippen molar-refractivity contribution >= 4 is 36.5 Å². The highest BCUT2D eigenvalue weighted by Gasteiger charge is 2.48. The summed E-state index contributed by atoms with van der Waals surface area (Å²) < 4.78 is 19.6. The van der Waals surface area contributed by atoms with Crippen LogP contribution in [0.1, 0.15) is 72.8 Å². The summed E-state index contributed by atoms with van der Waals surface area (Å²) in [5.41, 5.74) is 2.66. The first-order valence-corrected chi connectivity index (χ1v) is 22.3. The molecule has 4 aromatic rings. The van der Waals surface area contributed by atoms with E-state index in [1.54, 1.807) is 12.1 Å². The zero-order valence-electron chi connectivity index (χ0n) is 31.7. The fraction of sp³-hybridized carbons (Fsp3) is 0.525. The standard InChI is InChI=1S/C40H53N5O6SSi/c1-28-41-33(25-52-28)38(48)45-19-21-50-40(26-45)14-17-43(18-15-40)16-7-20-49-30-9-6-8-29(22-30)23-44-24-35(51-53(5,27-44)39(2,3)4)31-10-12-34(46)37-32(31)11-13-36(47)42-37/h6,8-13,22,25,35,46H,7,14-21,23-24,26-27H2,1-5H3,(H,42,47)/t35-,53?/m0/s1. The van der Waals surface area contributed by atoms with Crippen molar-refractivity contribution < 1.29 is 23.8 Å². The van der Waals surface area contributed by atoms with Gasteiger partial charge in [0.25, 0.3) is 5.91 Å². The summed E-state index contributed by atoms with van der Waals surface area (Å²) >= 11 is 1.51. The number of rotatable bonds is 9. The Labute approximate surface area is 317 Å². The summed E-state index contributed by atoms with van der Waals surface area (Å²) in [7, 11) is -2.28. The number of carbonyl (C=O) groups excluding carboxylic acids is 1. The maximum absolute atomic E-state index is 13.1. The molecule has 3 aliphatic rings. The van der Waals surface area contributed by atoms with Gasteiger partial charge in [-0.2, -0.15) is 0 Å². The van der Waals surface area contributed by atoms with Crippen LogP contribution in [0.25, 0.3) is 10.9 Å². The Morgan fingerprint density at radius 3 is 2.70 bits per heavy atom. The van der Waals surface area contributed by atoms with Crippen molar-refractivity contribution in [2.24, 2.45) is 0 Å². The maximum atomic E-state index is 13.1. The molecule has 1 unspecified atom stereocenters. The van der Waals surface area contributed by atoms with E-state index in [-0.39, 0.29) is 34.0 Å². The Bertz CT molecular complexity index is 1990. The molecule has 2 aromatic carbocycles. The number of carbonyl (C=O) groups is 1. The van der Waals surface area contributed by atoms with Crippen molar-refractivity contribution in [2.45, 2.75) is 76.8 Å². The molecule has 2 N–H and O–H groups in total. The van der Waals surface area contributed by atoms with E-state index in [9.17, 15) is 14.7 Å². The van der Waals surface area contributed by atoms with Gasteiger partial charge in [-0.1, -0.05) is 39.0 Å². The van der Waals surface area contributed by atoms with Crippen molar-refractivity contribution in [1.82, 2.24) is 24.7 Å². The maximum Gasteiger partial charge on any atom is 0.273 e. The Kier molecular flexibility index (Phi) is 10.9. The number of aromatic amines is 1. The number of likely N-dealkylation sites (tertiary alicyclic amines) is 1. The van der Waals surface area contributed by atoms with E-state index in [0.29, 0.717) is 44.1 Å². The molecule has 3 aliphatic heterocycles. The van der Waals surface area contributed by atoms with Crippen LogP contribution in [0.4, 0.5) is 0 Å². The van der Waals surface area contributed by atoms with Crippen LogP contribution in [-0.2, 0) is 15.7 Å². The predicted molar refractivity (Wildman–Crippen MR) is 210 cm³/mol. The van der Waals surface area contributed by atoms with Crippen LogP contribution >= 0.6 is 11.3 Å². The number of phenolic OH excluding ortho intramolecular Hbond substituents is 1. The number of ether oxygens (including phenoxy) is 2. The summed E-state index contributed by atoms with van der Waals surface area (Å²) in [5, 5.41) is 14.1. The number of amides is 1. The summed E-state index contributed by atoms with van der Waals surface area (Å²) in [5.74, 6) is 0.955. The number of nitrogens with one attached hydrogen (secondary N) is 1. The number of benzene rings is 2. The molecular weight excluding hydrogens is 707 g/mol.